The molecule has 0 bridgehead atoms. The number of ether oxygens (including phenoxy) is 1. The minimum atomic E-state index is -3.68. The van der Waals surface area contributed by atoms with Crippen LogP contribution in [-0.2, 0) is 25.9 Å². The van der Waals surface area contributed by atoms with E-state index in [1.807, 2.05) is 45.0 Å². The summed E-state index contributed by atoms with van der Waals surface area (Å²) in [5.41, 5.74) is 1.70. The molecule has 0 spiro atoms. The highest BCUT2D eigenvalue weighted by atomic mass is 35.5. The van der Waals surface area contributed by atoms with Gasteiger partial charge in [-0.15, -0.1) is 0 Å². The van der Waals surface area contributed by atoms with E-state index >= 15 is 0 Å². The van der Waals surface area contributed by atoms with Crippen LogP contribution in [0.4, 0.5) is 4.79 Å². The summed E-state index contributed by atoms with van der Waals surface area (Å²) in [7, 11) is -2.01. The van der Waals surface area contributed by atoms with Gasteiger partial charge in [-0.05, 0) is 51.0 Å². The van der Waals surface area contributed by atoms with E-state index in [1.54, 1.807) is 24.9 Å². The van der Waals surface area contributed by atoms with Gasteiger partial charge in [0.25, 0.3) is 0 Å². The van der Waals surface area contributed by atoms with Crippen molar-refractivity contribution in [3.05, 3.63) is 75.3 Å². The van der Waals surface area contributed by atoms with Gasteiger partial charge in [0.1, 0.15) is 17.3 Å². The normalized spacial score (nSPS) is 14.0. The summed E-state index contributed by atoms with van der Waals surface area (Å²) in [4.78, 5) is 32.6. The number of carbonyl (C=O) groups is 2. The van der Waals surface area contributed by atoms with Gasteiger partial charge in [-0.2, -0.15) is 0 Å². The van der Waals surface area contributed by atoms with Crippen molar-refractivity contribution in [3.8, 4) is 0 Å². The quantitative estimate of drug-likeness (QED) is 0.322. The molecular weight excluding hydrogens is 575 g/mol. The zero-order valence-electron chi connectivity index (χ0n) is 23.2. The average molecular weight is 610 g/mol. The Hall–Kier alpha value is -2.92. The van der Waals surface area contributed by atoms with E-state index in [2.05, 4.69) is 10.3 Å². The fourth-order valence-corrected chi connectivity index (χ4v) is 5.80. The molecule has 1 N–H and O–H groups in total. The van der Waals surface area contributed by atoms with E-state index in [-0.39, 0.29) is 28.2 Å². The van der Waals surface area contributed by atoms with Crippen LogP contribution in [0.1, 0.15) is 37.5 Å². The number of nitrogens with zero attached hydrogens (tertiary/aromatic N) is 3. The number of aliphatic imine (C=N–C) groups is 1. The lowest BCUT2D eigenvalue weighted by Gasteiger charge is -2.25. The van der Waals surface area contributed by atoms with Crippen molar-refractivity contribution in [3.63, 3.8) is 0 Å². The first-order valence-electron chi connectivity index (χ1n) is 12.6. The fraction of sp³-hybridized carbons (Fsp3) is 0.393. The molecule has 1 aliphatic heterocycles. The zero-order chi connectivity index (χ0) is 29.7. The number of amides is 2. The number of amidine groups is 1. The Morgan fingerprint density at radius 2 is 1.82 bits per heavy atom. The first-order chi connectivity index (χ1) is 18.7. The summed E-state index contributed by atoms with van der Waals surface area (Å²) < 4.78 is 30.7. The highest BCUT2D eigenvalue weighted by molar-refractivity contribution is 7.91. The average Bonchev–Trinajstić information content (AvgIpc) is 3.35. The zero-order valence-corrected chi connectivity index (χ0v) is 25.5. The highest BCUT2D eigenvalue weighted by Gasteiger charge is 2.29. The van der Waals surface area contributed by atoms with E-state index in [1.165, 1.54) is 23.1 Å². The highest BCUT2D eigenvalue weighted by Crippen LogP contribution is 2.28. The molecule has 0 fully saturated rings. The van der Waals surface area contributed by atoms with Crippen LogP contribution in [0.5, 0.6) is 0 Å². The Kier molecular flexibility index (Phi) is 10.4. The Bertz CT molecular complexity index is 1420. The van der Waals surface area contributed by atoms with Gasteiger partial charge < -0.3 is 9.64 Å². The molecule has 0 radical (unpaired) electrons. The molecule has 0 aromatic heterocycles. The molecule has 2 aromatic carbocycles. The standard InChI is InChI=1S/C28H34Cl2N4O5S/c1-19-15-24(23(30)16-22(19)29)40(37,38)18-31-12-6-7-25(35)33(5)17-20-8-10-21(11-9-20)26-32-13-14-34(26)27(36)39-28(2,3)4/h6-11,15-16,31H,12-14,17-18H2,1-5H3/b7-6+. The summed E-state index contributed by atoms with van der Waals surface area (Å²) in [6.07, 6.45) is 2.52. The van der Waals surface area contributed by atoms with Crippen LogP contribution in [0.25, 0.3) is 0 Å². The molecular formula is C28H34Cl2N4O5S. The van der Waals surface area contributed by atoms with E-state index in [0.717, 1.165) is 11.1 Å². The first-order valence-corrected chi connectivity index (χ1v) is 15.0. The largest absolute Gasteiger partial charge is 0.443 e. The Balaban J connectivity index is 1.50. The maximum Gasteiger partial charge on any atom is 0.416 e. The van der Waals surface area contributed by atoms with E-state index in [9.17, 15) is 18.0 Å². The smallest absolute Gasteiger partial charge is 0.416 e. The molecule has 0 saturated carbocycles. The molecule has 0 aliphatic carbocycles. The maximum atomic E-state index is 12.6. The minimum absolute atomic E-state index is 0.00641. The first kappa shape index (κ1) is 31.6. The molecule has 9 nitrogen and oxygen atoms in total. The summed E-state index contributed by atoms with van der Waals surface area (Å²) in [5, 5.41) is 3.26. The number of hydrogen-bond acceptors (Lipinski definition) is 7. The molecule has 2 amide bonds. The van der Waals surface area contributed by atoms with Gasteiger partial charge in [-0.25, -0.2) is 13.2 Å². The van der Waals surface area contributed by atoms with Gasteiger partial charge >= 0.3 is 6.09 Å². The van der Waals surface area contributed by atoms with Crippen molar-refractivity contribution in [2.24, 2.45) is 4.99 Å². The van der Waals surface area contributed by atoms with Crippen LogP contribution in [0.2, 0.25) is 10.0 Å². The minimum Gasteiger partial charge on any atom is -0.443 e. The molecule has 12 heteroatoms. The van der Waals surface area contributed by atoms with Crippen LogP contribution in [0.3, 0.4) is 0 Å². The van der Waals surface area contributed by atoms with Crippen molar-refractivity contribution in [1.82, 2.24) is 15.1 Å². The maximum absolute atomic E-state index is 12.6. The van der Waals surface area contributed by atoms with E-state index in [4.69, 9.17) is 27.9 Å². The monoisotopic (exact) mass is 608 g/mol. The topological polar surface area (TPSA) is 108 Å². The summed E-state index contributed by atoms with van der Waals surface area (Å²) in [6, 6.07) is 10.4. The molecule has 3 rings (SSSR count). The summed E-state index contributed by atoms with van der Waals surface area (Å²) >= 11 is 12.1. The molecule has 1 aliphatic rings. The predicted octanol–water partition coefficient (Wildman–Crippen LogP) is 4.83. The molecule has 216 valence electrons. The van der Waals surface area contributed by atoms with Crippen molar-refractivity contribution in [2.45, 2.75) is 44.7 Å². The van der Waals surface area contributed by atoms with Crippen LogP contribution in [0.15, 0.2) is 58.4 Å². The predicted molar refractivity (Wildman–Crippen MR) is 158 cm³/mol. The fourth-order valence-electron chi connectivity index (χ4n) is 3.81. The lowest BCUT2D eigenvalue weighted by atomic mass is 10.1. The number of rotatable bonds is 9. The SMILES string of the molecule is Cc1cc(S(=O)(=O)CNC/C=C/C(=O)N(C)Cc2ccc(C3=NCCN3C(=O)OC(C)(C)C)cc2)c(Cl)cc1Cl. The Labute approximate surface area is 245 Å². The van der Waals surface area contributed by atoms with E-state index in [0.29, 0.717) is 36.1 Å². The number of sulfone groups is 1. The third-order valence-corrected chi connectivity index (χ3v) is 8.25. The number of carbonyl (C=O) groups excluding carboxylic acids is 2. The molecule has 40 heavy (non-hydrogen) atoms. The van der Waals surface area contributed by atoms with Crippen LogP contribution in [0, 0.1) is 6.92 Å². The van der Waals surface area contributed by atoms with Gasteiger partial charge in [0, 0.05) is 36.8 Å². The second-order valence-corrected chi connectivity index (χ2v) is 13.1. The van der Waals surface area contributed by atoms with Crippen LogP contribution >= 0.6 is 23.2 Å². The number of nitrogens with one attached hydrogen (secondary N) is 1. The van der Waals surface area contributed by atoms with Crippen molar-refractivity contribution in [2.75, 3.05) is 32.6 Å². The lowest BCUT2D eigenvalue weighted by Crippen LogP contribution is -2.39. The van der Waals surface area contributed by atoms with Crippen LogP contribution in [-0.4, -0.2) is 74.2 Å². The van der Waals surface area contributed by atoms with Crippen LogP contribution < -0.4 is 5.32 Å². The molecule has 1 heterocycles. The Morgan fingerprint density at radius 1 is 1.15 bits per heavy atom. The van der Waals surface area contributed by atoms with Gasteiger partial charge in [0.2, 0.25) is 5.91 Å². The third kappa shape index (κ3) is 8.54. The number of halogens is 2. The molecule has 0 saturated heterocycles. The lowest BCUT2D eigenvalue weighted by molar-refractivity contribution is -0.125. The van der Waals surface area contributed by atoms with Crippen molar-refractivity contribution < 1.29 is 22.7 Å². The van der Waals surface area contributed by atoms with Crippen molar-refractivity contribution in [1.29, 1.82) is 0 Å². The second kappa shape index (κ2) is 13.2. The Morgan fingerprint density at radius 3 is 2.48 bits per heavy atom. The van der Waals surface area contributed by atoms with Gasteiger partial charge in [-0.1, -0.05) is 53.5 Å². The van der Waals surface area contributed by atoms with Gasteiger partial charge in [0.05, 0.1) is 23.0 Å². The van der Waals surface area contributed by atoms with Crippen molar-refractivity contribution >= 4 is 50.9 Å². The second-order valence-electron chi connectivity index (χ2n) is 10.4. The number of likely N-dealkylation sites (N-methyl/N-ethyl adjacent to an activating group) is 1. The summed E-state index contributed by atoms with van der Waals surface area (Å²) in [5.74, 6) is -0.0111. The number of benzene rings is 2. The molecule has 0 atom stereocenters. The molecule has 0 unspecified atom stereocenters. The van der Waals surface area contributed by atoms with E-state index < -0.39 is 21.5 Å². The third-order valence-electron chi connectivity index (χ3n) is 5.83. The molecule has 2 aromatic rings. The summed E-state index contributed by atoms with van der Waals surface area (Å²) in [6.45, 7) is 8.67. The number of hydrogen-bond donors (Lipinski definition) is 1. The van der Waals surface area contributed by atoms with Gasteiger partial charge in [0.15, 0.2) is 9.84 Å². The van der Waals surface area contributed by atoms with Gasteiger partial charge in [-0.3, -0.25) is 20.0 Å². The number of aryl methyl sites for hydroxylation is 1.